The molecule has 1 fully saturated rings. The molecular weight excluding hydrogens is 327 g/mol. The largest absolute Gasteiger partial charge is 0.417 e. The molecule has 132 valence electrons. The van der Waals surface area contributed by atoms with Crippen LogP contribution in [-0.2, 0) is 12.7 Å². The fourth-order valence-corrected chi connectivity index (χ4v) is 3.22. The van der Waals surface area contributed by atoms with Gasteiger partial charge in [-0.15, -0.1) is 0 Å². The summed E-state index contributed by atoms with van der Waals surface area (Å²) in [7, 11) is 0. The highest BCUT2D eigenvalue weighted by Crippen LogP contribution is 2.32. The number of nitrogens with zero attached hydrogens (tertiary/aromatic N) is 1. The minimum Gasteiger partial charge on any atom is -0.299 e. The highest BCUT2D eigenvalue weighted by Gasteiger charge is 2.34. The van der Waals surface area contributed by atoms with Gasteiger partial charge in [0.1, 0.15) is 0 Å². The van der Waals surface area contributed by atoms with E-state index in [0.29, 0.717) is 0 Å². The number of carbonyl (C=O) groups excluding carboxylic acids is 1. The summed E-state index contributed by atoms with van der Waals surface area (Å²) < 4.78 is 39.3. The third-order valence-corrected chi connectivity index (χ3v) is 4.55. The molecule has 0 radical (unpaired) electrons. The predicted molar refractivity (Wildman–Crippen MR) is 90.4 cm³/mol. The van der Waals surface area contributed by atoms with Gasteiger partial charge < -0.3 is 0 Å². The van der Waals surface area contributed by atoms with Gasteiger partial charge in [0.05, 0.1) is 5.56 Å². The molecule has 1 heterocycles. The number of hydrogen-bond acceptors (Lipinski definition) is 2. The summed E-state index contributed by atoms with van der Waals surface area (Å²) in [6.07, 6.45) is -0.876. The van der Waals surface area contributed by atoms with Crippen LogP contribution >= 0.6 is 0 Å². The van der Waals surface area contributed by atoms with Crippen LogP contribution in [0.1, 0.15) is 46.3 Å². The van der Waals surface area contributed by atoms with Crippen LogP contribution in [0.2, 0.25) is 0 Å². The molecule has 0 bridgehead atoms. The first-order valence-corrected chi connectivity index (χ1v) is 8.47. The molecule has 2 aromatic carbocycles. The van der Waals surface area contributed by atoms with E-state index < -0.39 is 17.5 Å². The number of halogens is 3. The van der Waals surface area contributed by atoms with Gasteiger partial charge in [-0.05, 0) is 37.6 Å². The zero-order valence-electron chi connectivity index (χ0n) is 13.9. The number of alkyl halides is 3. The number of rotatable bonds is 4. The molecule has 2 nitrogen and oxygen atoms in total. The van der Waals surface area contributed by atoms with Crippen LogP contribution in [0.5, 0.6) is 0 Å². The molecule has 0 amide bonds. The monoisotopic (exact) mass is 347 g/mol. The first kappa shape index (κ1) is 17.7. The van der Waals surface area contributed by atoms with Crippen molar-refractivity contribution >= 4 is 5.78 Å². The van der Waals surface area contributed by atoms with Crippen molar-refractivity contribution in [3.8, 4) is 0 Å². The highest BCUT2D eigenvalue weighted by molar-refractivity contribution is 6.10. The maximum atomic E-state index is 13.1. The van der Waals surface area contributed by atoms with Crippen LogP contribution in [0.4, 0.5) is 13.2 Å². The van der Waals surface area contributed by atoms with Crippen LogP contribution in [0, 0.1) is 0 Å². The van der Waals surface area contributed by atoms with Crippen molar-refractivity contribution in [2.75, 3.05) is 13.1 Å². The quantitative estimate of drug-likeness (QED) is 0.732. The molecule has 1 aliphatic heterocycles. The summed E-state index contributed by atoms with van der Waals surface area (Å²) in [5, 5.41) is 0. The van der Waals surface area contributed by atoms with E-state index in [4.69, 9.17) is 0 Å². The Morgan fingerprint density at radius 1 is 0.920 bits per heavy atom. The van der Waals surface area contributed by atoms with Crippen LogP contribution in [0.3, 0.4) is 0 Å². The fraction of sp³-hybridized carbons (Fsp3) is 0.350. The lowest BCUT2D eigenvalue weighted by Gasteiger charge is -2.26. The minimum atomic E-state index is -4.54. The Labute approximate surface area is 145 Å². The first-order chi connectivity index (χ1) is 11.9. The molecule has 0 aromatic heterocycles. The van der Waals surface area contributed by atoms with Crippen molar-refractivity contribution in [2.24, 2.45) is 0 Å². The van der Waals surface area contributed by atoms with Crippen molar-refractivity contribution in [3.63, 3.8) is 0 Å². The SMILES string of the molecule is O=C(c1ccc(CN2CCCCC2)cc1)c1ccccc1C(F)(F)F. The number of likely N-dealkylation sites (tertiary alicyclic amines) is 1. The Bertz CT molecular complexity index is 731. The number of piperidine rings is 1. The molecule has 2 aromatic rings. The molecule has 3 rings (SSSR count). The molecule has 0 N–H and O–H groups in total. The molecule has 0 aliphatic carbocycles. The van der Waals surface area contributed by atoms with Crippen molar-refractivity contribution in [1.29, 1.82) is 0 Å². The number of benzene rings is 2. The van der Waals surface area contributed by atoms with Crippen LogP contribution in [0.25, 0.3) is 0 Å². The Morgan fingerprint density at radius 2 is 1.56 bits per heavy atom. The van der Waals surface area contributed by atoms with Gasteiger partial charge in [0, 0.05) is 17.7 Å². The van der Waals surface area contributed by atoms with E-state index in [2.05, 4.69) is 4.90 Å². The Balaban J connectivity index is 1.77. The summed E-state index contributed by atoms with van der Waals surface area (Å²) in [5.41, 5.74) is 0.151. The normalized spacial score (nSPS) is 16.0. The third kappa shape index (κ3) is 4.28. The standard InChI is InChI=1S/C20H20F3NO/c21-20(22,23)18-7-3-2-6-17(18)19(25)16-10-8-15(9-11-16)14-24-12-4-1-5-13-24/h2-3,6-11H,1,4-5,12-14H2. The van der Waals surface area contributed by atoms with Gasteiger partial charge >= 0.3 is 6.18 Å². The average Bonchev–Trinajstić information content (AvgIpc) is 2.62. The summed E-state index contributed by atoms with van der Waals surface area (Å²) in [5.74, 6) is -0.600. The van der Waals surface area contributed by atoms with Gasteiger partial charge in [-0.3, -0.25) is 9.69 Å². The fourth-order valence-electron chi connectivity index (χ4n) is 3.22. The van der Waals surface area contributed by atoms with E-state index in [9.17, 15) is 18.0 Å². The maximum Gasteiger partial charge on any atom is 0.417 e. The molecule has 0 spiro atoms. The van der Waals surface area contributed by atoms with Crippen molar-refractivity contribution in [2.45, 2.75) is 32.0 Å². The van der Waals surface area contributed by atoms with E-state index in [1.807, 2.05) is 12.1 Å². The molecule has 0 atom stereocenters. The van der Waals surface area contributed by atoms with Crippen molar-refractivity contribution in [3.05, 3.63) is 70.8 Å². The Hall–Kier alpha value is -2.14. The Kier molecular flexibility index (Phi) is 5.23. The number of carbonyl (C=O) groups is 1. The minimum absolute atomic E-state index is 0.277. The van der Waals surface area contributed by atoms with Crippen molar-refractivity contribution < 1.29 is 18.0 Å². The molecule has 1 aliphatic rings. The summed E-state index contributed by atoms with van der Waals surface area (Å²) in [6, 6.07) is 11.8. The van der Waals surface area contributed by atoms with E-state index in [1.165, 1.54) is 37.5 Å². The maximum absolute atomic E-state index is 13.1. The van der Waals surface area contributed by atoms with Gasteiger partial charge in [-0.2, -0.15) is 13.2 Å². The van der Waals surface area contributed by atoms with E-state index in [0.717, 1.165) is 31.3 Å². The van der Waals surface area contributed by atoms with Crippen LogP contribution < -0.4 is 0 Å². The zero-order valence-corrected chi connectivity index (χ0v) is 13.9. The van der Waals surface area contributed by atoms with Crippen LogP contribution in [-0.4, -0.2) is 23.8 Å². The second-order valence-electron chi connectivity index (χ2n) is 6.41. The third-order valence-electron chi connectivity index (χ3n) is 4.55. The molecule has 0 unspecified atom stereocenters. The lowest BCUT2D eigenvalue weighted by molar-refractivity contribution is -0.137. The van der Waals surface area contributed by atoms with Gasteiger partial charge in [0.25, 0.3) is 0 Å². The average molecular weight is 347 g/mol. The Morgan fingerprint density at radius 3 is 2.20 bits per heavy atom. The molecule has 5 heteroatoms. The topological polar surface area (TPSA) is 20.3 Å². The predicted octanol–water partition coefficient (Wildman–Crippen LogP) is 4.92. The second kappa shape index (κ2) is 7.40. The highest BCUT2D eigenvalue weighted by atomic mass is 19.4. The first-order valence-electron chi connectivity index (χ1n) is 8.47. The van der Waals surface area contributed by atoms with E-state index >= 15 is 0 Å². The van der Waals surface area contributed by atoms with E-state index in [1.54, 1.807) is 12.1 Å². The lowest BCUT2D eigenvalue weighted by Crippen LogP contribution is -2.29. The number of ketones is 1. The van der Waals surface area contributed by atoms with Gasteiger partial charge in [-0.1, -0.05) is 48.9 Å². The van der Waals surface area contributed by atoms with Crippen LogP contribution in [0.15, 0.2) is 48.5 Å². The van der Waals surface area contributed by atoms with Gasteiger partial charge in [-0.25, -0.2) is 0 Å². The van der Waals surface area contributed by atoms with Crippen molar-refractivity contribution in [1.82, 2.24) is 4.90 Å². The molecule has 0 saturated carbocycles. The summed E-state index contributed by atoms with van der Waals surface area (Å²) in [6.45, 7) is 2.95. The van der Waals surface area contributed by atoms with Gasteiger partial charge in [0.15, 0.2) is 5.78 Å². The lowest BCUT2D eigenvalue weighted by atomic mass is 9.97. The number of hydrogen-bond donors (Lipinski definition) is 0. The van der Waals surface area contributed by atoms with Gasteiger partial charge in [0.2, 0.25) is 0 Å². The molecule has 1 saturated heterocycles. The molecule has 25 heavy (non-hydrogen) atoms. The smallest absolute Gasteiger partial charge is 0.299 e. The zero-order chi connectivity index (χ0) is 17.9. The second-order valence-corrected chi connectivity index (χ2v) is 6.41. The summed E-state index contributed by atoms with van der Waals surface area (Å²) in [4.78, 5) is 14.9. The summed E-state index contributed by atoms with van der Waals surface area (Å²) >= 11 is 0. The molecular formula is C20H20F3NO. The van der Waals surface area contributed by atoms with E-state index in [-0.39, 0.29) is 11.1 Å².